The van der Waals surface area contributed by atoms with Gasteiger partial charge in [0.2, 0.25) is 0 Å². The molecule has 2 aliphatic rings. The van der Waals surface area contributed by atoms with E-state index in [-0.39, 0.29) is 5.16 Å². The molecule has 1 N–H and O–H groups in total. The van der Waals surface area contributed by atoms with Crippen LogP contribution in [0.15, 0.2) is 20.8 Å². The molecule has 100 valence electrons. The molecular formula is C10H10BrN5O2S. The number of anilines is 1. The average Bonchev–Trinajstić information content (AvgIpc) is 2.88. The molecule has 0 saturated heterocycles. The van der Waals surface area contributed by atoms with Crippen LogP contribution in [0.4, 0.5) is 5.82 Å². The molecule has 0 saturated carbocycles. The minimum absolute atomic E-state index is 0.230. The molecule has 0 aromatic carbocycles. The van der Waals surface area contributed by atoms with Gasteiger partial charge in [-0.1, -0.05) is 0 Å². The zero-order valence-corrected chi connectivity index (χ0v) is 12.4. The van der Waals surface area contributed by atoms with Crippen molar-refractivity contribution in [1.29, 1.82) is 0 Å². The van der Waals surface area contributed by atoms with Gasteiger partial charge < -0.3 is 4.90 Å². The lowest BCUT2D eigenvalue weighted by molar-refractivity contribution is 0.578. The summed E-state index contributed by atoms with van der Waals surface area (Å²) in [5.74, 6) is 1.35. The Balaban J connectivity index is 2.17. The summed E-state index contributed by atoms with van der Waals surface area (Å²) in [4.78, 5) is 14.3. The summed E-state index contributed by atoms with van der Waals surface area (Å²) in [7, 11) is -2.31. The number of hydrogen-bond donors (Lipinski definition) is 1. The molecule has 19 heavy (non-hydrogen) atoms. The largest absolute Gasteiger partial charge is 0.308 e. The molecule has 0 atom stereocenters. The fraction of sp³-hybridized carbons (Fsp3) is 0.300. The number of fused-ring (bicyclic) bond motifs is 3. The molecule has 7 nitrogen and oxygen atoms in total. The van der Waals surface area contributed by atoms with E-state index in [0.29, 0.717) is 18.9 Å². The summed E-state index contributed by atoms with van der Waals surface area (Å²) < 4.78 is 26.5. The molecule has 0 amide bonds. The van der Waals surface area contributed by atoms with Crippen molar-refractivity contribution in [3.63, 3.8) is 0 Å². The molecule has 0 fully saturated rings. The quantitative estimate of drug-likeness (QED) is 0.783. The van der Waals surface area contributed by atoms with Crippen LogP contribution in [0.25, 0.3) is 6.08 Å². The van der Waals surface area contributed by atoms with Gasteiger partial charge in [-0.3, -0.25) is 4.99 Å². The van der Waals surface area contributed by atoms with Crippen LogP contribution >= 0.6 is 15.9 Å². The second-order valence-electron chi connectivity index (χ2n) is 3.99. The van der Waals surface area contributed by atoms with Crippen molar-refractivity contribution in [3.05, 3.63) is 16.2 Å². The maximum absolute atomic E-state index is 11.7. The Bertz CT molecular complexity index is 713. The average molecular weight is 344 g/mol. The third-order valence-corrected chi connectivity index (χ3v) is 4.67. The normalized spacial score (nSPS) is 17.7. The van der Waals surface area contributed by atoms with E-state index < -0.39 is 10.0 Å². The Morgan fingerprint density at radius 3 is 3.00 bits per heavy atom. The van der Waals surface area contributed by atoms with Gasteiger partial charge in [-0.05, 0) is 29.1 Å². The van der Waals surface area contributed by atoms with Crippen LogP contribution in [-0.2, 0) is 10.0 Å². The molecule has 9 heteroatoms. The first-order valence-corrected chi connectivity index (χ1v) is 7.81. The monoisotopic (exact) mass is 343 g/mol. The fourth-order valence-electron chi connectivity index (χ4n) is 1.96. The molecule has 0 radical (unpaired) electrons. The van der Waals surface area contributed by atoms with Gasteiger partial charge in [0.05, 0.1) is 11.0 Å². The molecule has 1 aromatic heterocycles. The molecule has 0 aliphatic carbocycles. The first-order chi connectivity index (χ1) is 9.03. The van der Waals surface area contributed by atoms with Crippen molar-refractivity contribution in [2.75, 3.05) is 25.0 Å². The highest BCUT2D eigenvalue weighted by atomic mass is 79.9. The molecule has 0 bridgehead atoms. The Kier molecular flexibility index (Phi) is 2.91. The molecule has 0 spiro atoms. The number of nitrogens with zero attached hydrogens (tertiary/aromatic N) is 4. The Labute approximate surface area is 118 Å². The van der Waals surface area contributed by atoms with Crippen molar-refractivity contribution in [2.24, 2.45) is 4.99 Å². The Hall–Kier alpha value is -1.32. The van der Waals surface area contributed by atoms with Crippen molar-refractivity contribution >= 4 is 43.7 Å². The summed E-state index contributed by atoms with van der Waals surface area (Å²) in [6.45, 7) is 1.34. The number of aliphatic imine (C=N–C) groups is 1. The van der Waals surface area contributed by atoms with Crippen LogP contribution in [0, 0.1) is 0 Å². The van der Waals surface area contributed by atoms with E-state index in [2.05, 4.69) is 35.6 Å². The maximum atomic E-state index is 11.7. The van der Waals surface area contributed by atoms with Crippen molar-refractivity contribution in [3.8, 4) is 0 Å². The zero-order valence-electron chi connectivity index (χ0n) is 9.96. The summed E-state index contributed by atoms with van der Waals surface area (Å²) in [5.41, 5.74) is 0.766. The smallest absolute Gasteiger partial charge is 0.276 e. The van der Waals surface area contributed by atoms with Gasteiger partial charge in [-0.25, -0.2) is 18.1 Å². The van der Waals surface area contributed by atoms with E-state index >= 15 is 0 Å². The Morgan fingerprint density at radius 1 is 1.47 bits per heavy atom. The second kappa shape index (κ2) is 4.36. The molecule has 3 rings (SSSR count). The lowest BCUT2D eigenvalue weighted by Gasteiger charge is -2.25. The number of nitrogens with one attached hydrogen (secondary N) is 1. The maximum Gasteiger partial charge on any atom is 0.276 e. The van der Waals surface area contributed by atoms with Crippen LogP contribution < -0.4 is 9.62 Å². The molecule has 3 heterocycles. The number of aromatic nitrogens is 2. The summed E-state index contributed by atoms with van der Waals surface area (Å²) in [5, 5.41) is -0.230. The first kappa shape index (κ1) is 12.7. The van der Waals surface area contributed by atoms with E-state index in [1.165, 1.54) is 13.2 Å². The molecular weight excluding hydrogens is 334 g/mol. The van der Waals surface area contributed by atoms with Gasteiger partial charge >= 0.3 is 0 Å². The Morgan fingerprint density at radius 2 is 2.26 bits per heavy atom. The van der Waals surface area contributed by atoms with E-state index in [1.807, 2.05) is 11.0 Å². The summed E-state index contributed by atoms with van der Waals surface area (Å²) in [6.07, 6.45) is 3.34. The minimum Gasteiger partial charge on any atom is -0.308 e. The highest BCUT2D eigenvalue weighted by Crippen LogP contribution is 2.32. The SMILES string of the molecule is CNS(=O)(=O)c1ncc2c(n1)N1CCN=C1C(Br)=C2. The lowest BCUT2D eigenvalue weighted by Crippen LogP contribution is -2.32. The van der Waals surface area contributed by atoms with Crippen LogP contribution in [-0.4, -0.2) is 44.4 Å². The zero-order chi connectivity index (χ0) is 13.6. The van der Waals surface area contributed by atoms with Crippen LogP contribution in [0.2, 0.25) is 0 Å². The fourth-order valence-corrected chi connectivity index (χ4v) is 3.13. The van der Waals surface area contributed by atoms with Crippen molar-refractivity contribution < 1.29 is 8.42 Å². The number of hydrogen-bond acceptors (Lipinski definition) is 6. The van der Waals surface area contributed by atoms with E-state index in [0.717, 1.165) is 15.9 Å². The van der Waals surface area contributed by atoms with Crippen molar-refractivity contribution in [2.45, 2.75) is 5.16 Å². The third kappa shape index (κ3) is 1.97. The van der Waals surface area contributed by atoms with Crippen LogP contribution in [0.1, 0.15) is 5.56 Å². The predicted molar refractivity (Wildman–Crippen MR) is 74.8 cm³/mol. The van der Waals surface area contributed by atoms with E-state index in [9.17, 15) is 8.42 Å². The molecule has 2 aliphatic heterocycles. The minimum atomic E-state index is -3.65. The van der Waals surface area contributed by atoms with Gasteiger partial charge in [-0.15, -0.1) is 0 Å². The third-order valence-electron chi connectivity index (χ3n) is 2.88. The van der Waals surface area contributed by atoms with Crippen LogP contribution in [0.5, 0.6) is 0 Å². The lowest BCUT2D eigenvalue weighted by atomic mass is 10.2. The van der Waals surface area contributed by atoms with Crippen molar-refractivity contribution in [1.82, 2.24) is 14.7 Å². The number of sulfonamides is 1. The van der Waals surface area contributed by atoms with E-state index in [4.69, 9.17) is 0 Å². The topological polar surface area (TPSA) is 87.5 Å². The first-order valence-electron chi connectivity index (χ1n) is 5.53. The van der Waals surface area contributed by atoms with Gasteiger partial charge in [0, 0.05) is 18.3 Å². The summed E-state index contributed by atoms with van der Waals surface area (Å²) in [6, 6.07) is 0. The van der Waals surface area contributed by atoms with Gasteiger partial charge in [0.25, 0.3) is 15.2 Å². The summed E-state index contributed by atoms with van der Waals surface area (Å²) >= 11 is 3.44. The van der Waals surface area contributed by atoms with Gasteiger partial charge in [0.15, 0.2) is 0 Å². The highest BCUT2D eigenvalue weighted by molar-refractivity contribution is 9.12. The second-order valence-corrected chi connectivity index (χ2v) is 6.62. The van der Waals surface area contributed by atoms with Gasteiger partial charge in [0.1, 0.15) is 11.7 Å². The van der Waals surface area contributed by atoms with E-state index in [1.54, 1.807) is 0 Å². The predicted octanol–water partition coefficient (Wildman–Crippen LogP) is 0.353. The standard InChI is InChI=1S/C10H10BrN5O2S/c1-12-19(17,18)10-14-5-6-4-7(11)9-13-2-3-16(9)8(6)15-10/h4-5,12H,2-3H2,1H3. The van der Waals surface area contributed by atoms with Crippen LogP contribution in [0.3, 0.4) is 0 Å². The highest BCUT2D eigenvalue weighted by Gasteiger charge is 2.30. The molecule has 0 unspecified atom stereocenters. The number of rotatable bonds is 2. The molecule has 1 aromatic rings. The van der Waals surface area contributed by atoms with Gasteiger partial charge in [-0.2, -0.15) is 4.98 Å². The number of halogens is 1. The number of amidine groups is 1.